The highest BCUT2D eigenvalue weighted by molar-refractivity contribution is 5.82. The first kappa shape index (κ1) is 19.6. The van der Waals surface area contributed by atoms with Crippen LogP contribution in [0.2, 0.25) is 0 Å². The Balaban J connectivity index is 1.32. The summed E-state index contributed by atoms with van der Waals surface area (Å²) in [6.45, 7) is 4.94. The number of rotatable bonds is 7. The van der Waals surface area contributed by atoms with Gasteiger partial charge in [0.15, 0.2) is 0 Å². The number of nitrogens with one attached hydrogen (secondary N) is 3. The molecular weight excluding hydrogens is 328 g/mol. The Morgan fingerprint density at radius 3 is 2.42 bits per heavy atom. The third-order valence-corrected chi connectivity index (χ3v) is 6.22. The van der Waals surface area contributed by atoms with E-state index in [1.807, 2.05) is 0 Å². The van der Waals surface area contributed by atoms with E-state index in [-0.39, 0.29) is 17.9 Å². The van der Waals surface area contributed by atoms with Crippen LogP contribution < -0.4 is 16.0 Å². The highest BCUT2D eigenvalue weighted by Crippen LogP contribution is 2.22. The van der Waals surface area contributed by atoms with E-state index < -0.39 is 0 Å². The van der Waals surface area contributed by atoms with Crippen molar-refractivity contribution in [3.8, 4) is 0 Å². The fraction of sp³-hybridized carbons (Fsp3) is 0.900. The molecule has 1 aliphatic carbocycles. The molecule has 2 unspecified atom stereocenters. The topological polar surface area (TPSA) is 73.5 Å². The van der Waals surface area contributed by atoms with Crippen LogP contribution in [0.1, 0.15) is 57.8 Å². The minimum Gasteiger partial charge on any atom is -0.355 e. The summed E-state index contributed by atoms with van der Waals surface area (Å²) in [5, 5.41) is 9.50. The minimum absolute atomic E-state index is 0.000240. The summed E-state index contributed by atoms with van der Waals surface area (Å²) >= 11 is 0. The van der Waals surface area contributed by atoms with Gasteiger partial charge < -0.3 is 16.0 Å². The Morgan fingerprint density at radius 1 is 0.885 bits per heavy atom. The van der Waals surface area contributed by atoms with Gasteiger partial charge in [-0.2, -0.15) is 0 Å². The molecule has 0 radical (unpaired) electrons. The van der Waals surface area contributed by atoms with E-state index in [2.05, 4.69) is 20.9 Å². The number of carbonyl (C=O) groups is 2. The van der Waals surface area contributed by atoms with Crippen LogP contribution in [-0.4, -0.2) is 62.0 Å². The van der Waals surface area contributed by atoms with Gasteiger partial charge in [0.1, 0.15) is 0 Å². The SMILES string of the molecule is O=C(CN1CCCC(CNC(=O)C2CCCN2)C1)NCC1CCCCC1. The quantitative estimate of drug-likeness (QED) is 0.636. The van der Waals surface area contributed by atoms with E-state index in [0.29, 0.717) is 18.4 Å². The number of hydrogen-bond donors (Lipinski definition) is 3. The molecule has 3 N–H and O–H groups in total. The van der Waals surface area contributed by atoms with Gasteiger partial charge in [-0.1, -0.05) is 19.3 Å². The second-order valence-electron chi connectivity index (χ2n) is 8.45. The number of piperidine rings is 1. The summed E-state index contributed by atoms with van der Waals surface area (Å²) in [5.41, 5.74) is 0. The van der Waals surface area contributed by atoms with Crippen LogP contribution in [0.4, 0.5) is 0 Å². The number of likely N-dealkylation sites (tertiary alicyclic amines) is 1. The molecule has 2 amide bonds. The lowest BCUT2D eigenvalue weighted by atomic mass is 9.89. The monoisotopic (exact) mass is 364 g/mol. The summed E-state index contributed by atoms with van der Waals surface area (Å²) < 4.78 is 0. The van der Waals surface area contributed by atoms with Gasteiger partial charge in [0.25, 0.3) is 0 Å². The van der Waals surface area contributed by atoms with Crippen LogP contribution in [-0.2, 0) is 9.59 Å². The fourth-order valence-electron chi connectivity index (χ4n) is 4.65. The summed E-state index contributed by atoms with van der Waals surface area (Å²) in [5.74, 6) is 1.45. The van der Waals surface area contributed by atoms with Crippen molar-refractivity contribution in [3.63, 3.8) is 0 Å². The molecule has 0 bridgehead atoms. The molecule has 148 valence electrons. The number of amides is 2. The molecule has 2 atom stereocenters. The number of hydrogen-bond acceptors (Lipinski definition) is 4. The molecular formula is C20H36N4O2. The normalized spacial score (nSPS) is 28.0. The van der Waals surface area contributed by atoms with Gasteiger partial charge in [0.2, 0.25) is 11.8 Å². The summed E-state index contributed by atoms with van der Waals surface area (Å²) in [7, 11) is 0. The van der Waals surface area contributed by atoms with Crippen molar-refractivity contribution >= 4 is 11.8 Å². The van der Waals surface area contributed by atoms with E-state index in [0.717, 1.165) is 58.4 Å². The Kier molecular flexibility index (Phi) is 7.74. The largest absolute Gasteiger partial charge is 0.355 e. The Labute approximate surface area is 157 Å². The molecule has 0 aromatic carbocycles. The van der Waals surface area contributed by atoms with E-state index in [9.17, 15) is 9.59 Å². The van der Waals surface area contributed by atoms with E-state index in [1.165, 1.54) is 32.1 Å². The third kappa shape index (κ3) is 6.23. The zero-order valence-corrected chi connectivity index (χ0v) is 16.1. The van der Waals surface area contributed by atoms with Crippen molar-refractivity contribution in [2.24, 2.45) is 11.8 Å². The van der Waals surface area contributed by atoms with E-state index >= 15 is 0 Å². The highest BCUT2D eigenvalue weighted by atomic mass is 16.2. The molecule has 3 rings (SSSR count). The van der Waals surface area contributed by atoms with Crippen LogP contribution in [0.5, 0.6) is 0 Å². The van der Waals surface area contributed by atoms with Gasteiger partial charge in [-0.25, -0.2) is 0 Å². The number of nitrogens with zero attached hydrogens (tertiary/aromatic N) is 1. The zero-order valence-electron chi connectivity index (χ0n) is 16.1. The van der Waals surface area contributed by atoms with Crippen LogP contribution in [0.25, 0.3) is 0 Å². The zero-order chi connectivity index (χ0) is 18.2. The maximum atomic E-state index is 12.3. The van der Waals surface area contributed by atoms with Crippen molar-refractivity contribution in [2.45, 2.75) is 63.8 Å². The van der Waals surface area contributed by atoms with Crippen molar-refractivity contribution in [2.75, 3.05) is 39.3 Å². The molecule has 3 fully saturated rings. The lowest BCUT2D eigenvalue weighted by Crippen LogP contribution is -2.47. The molecule has 1 saturated carbocycles. The van der Waals surface area contributed by atoms with Crippen molar-refractivity contribution in [1.82, 2.24) is 20.9 Å². The summed E-state index contributed by atoms with van der Waals surface area (Å²) in [4.78, 5) is 26.7. The van der Waals surface area contributed by atoms with Gasteiger partial charge in [0.05, 0.1) is 12.6 Å². The van der Waals surface area contributed by atoms with E-state index in [4.69, 9.17) is 0 Å². The average Bonchev–Trinajstić information content (AvgIpc) is 3.20. The van der Waals surface area contributed by atoms with Crippen molar-refractivity contribution < 1.29 is 9.59 Å². The molecule has 6 nitrogen and oxygen atoms in total. The van der Waals surface area contributed by atoms with Gasteiger partial charge in [0, 0.05) is 19.6 Å². The highest BCUT2D eigenvalue weighted by Gasteiger charge is 2.25. The lowest BCUT2D eigenvalue weighted by Gasteiger charge is -2.32. The predicted octanol–water partition coefficient (Wildman–Crippen LogP) is 1.26. The first-order chi connectivity index (χ1) is 12.7. The van der Waals surface area contributed by atoms with Gasteiger partial charge in [-0.15, -0.1) is 0 Å². The van der Waals surface area contributed by atoms with Gasteiger partial charge in [-0.3, -0.25) is 14.5 Å². The Morgan fingerprint density at radius 2 is 1.65 bits per heavy atom. The molecule has 2 saturated heterocycles. The Bertz CT molecular complexity index is 459. The van der Waals surface area contributed by atoms with Crippen LogP contribution in [0, 0.1) is 11.8 Å². The lowest BCUT2D eigenvalue weighted by molar-refractivity contribution is -0.124. The van der Waals surface area contributed by atoms with Crippen LogP contribution in [0.3, 0.4) is 0 Å². The molecule has 0 aromatic rings. The molecule has 3 aliphatic rings. The molecule has 0 aromatic heterocycles. The van der Waals surface area contributed by atoms with Crippen molar-refractivity contribution in [3.05, 3.63) is 0 Å². The first-order valence-electron chi connectivity index (χ1n) is 10.7. The third-order valence-electron chi connectivity index (χ3n) is 6.22. The van der Waals surface area contributed by atoms with E-state index in [1.54, 1.807) is 0 Å². The smallest absolute Gasteiger partial charge is 0.237 e. The predicted molar refractivity (Wildman–Crippen MR) is 103 cm³/mol. The second kappa shape index (κ2) is 10.3. The standard InChI is InChI=1S/C20H36N4O2/c25-19(22-12-16-6-2-1-3-7-16)15-24-11-5-8-17(14-24)13-23-20(26)18-9-4-10-21-18/h16-18,21H,1-15H2,(H,22,25)(H,23,26). The fourth-order valence-corrected chi connectivity index (χ4v) is 4.65. The molecule has 0 spiro atoms. The summed E-state index contributed by atoms with van der Waals surface area (Å²) in [6.07, 6.45) is 10.8. The minimum atomic E-state index is 0.000240. The van der Waals surface area contributed by atoms with Gasteiger partial charge in [-0.05, 0) is 63.5 Å². The maximum absolute atomic E-state index is 12.3. The molecule has 26 heavy (non-hydrogen) atoms. The molecule has 2 aliphatic heterocycles. The average molecular weight is 365 g/mol. The van der Waals surface area contributed by atoms with Crippen LogP contribution >= 0.6 is 0 Å². The number of carbonyl (C=O) groups excluding carboxylic acids is 2. The van der Waals surface area contributed by atoms with Crippen LogP contribution in [0.15, 0.2) is 0 Å². The Hall–Kier alpha value is -1.14. The van der Waals surface area contributed by atoms with Crippen molar-refractivity contribution in [1.29, 1.82) is 0 Å². The van der Waals surface area contributed by atoms with Gasteiger partial charge >= 0.3 is 0 Å². The first-order valence-corrected chi connectivity index (χ1v) is 10.7. The second-order valence-corrected chi connectivity index (χ2v) is 8.45. The summed E-state index contributed by atoms with van der Waals surface area (Å²) in [6, 6.07) is 0.000240. The molecule has 2 heterocycles. The molecule has 6 heteroatoms. The maximum Gasteiger partial charge on any atom is 0.237 e.